The average molecular weight is 275 g/mol. The topological polar surface area (TPSA) is 45.2 Å². The summed E-state index contributed by atoms with van der Waals surface area (Å²) < 4.78 is 0. The number of aryl methyl sites for hydroxylation is 1. The average Bonchev–Trinajstić information content (AvgIpc) is 2.45. The number of pyridine rings is 1. The van der Waals surface area contributed by atoms with Crippen LogP contribution in [0.25, 0.3) is 0 Å². The zero-order chi connectivity index (χ0) is 14.5. The molecular formula is C16H25N3O. The van der Waals surface area contributed by atoms with Gasteiger partial charge < -0.3 is 10.2 Å². The molecule has 0 bridgehead atoms. The first kappa shape index (κ1) is 15.0. The van der Waals surface area contributed by atoms with Gasteiger partial charge in [-0.25, -0.2) is 0 Å². The monoisotopic (exact) mass is 275 g/mol. The maximum atomic E-state index is 12.2. The molecule has 4 heteroatoms. The first-order chi connectivity index (χ1) is 9.58. The van der Waals surface area contributed by atoms with Crippen molar-refractivity contribution in [3.05, 3.63) is 29.6 Å². The highest BCUT2D eigenvalue weighted by molar-refractivity contribution is 5.95. The summed E-state index contributed by atoms with van der Waals surface area (Å²) in [5.41, 5.74) is 1.66. The molecule has 1 N–H and O–H groups in total. The standard InChI is InChI=1S/C16H25N3O/c1-12(2)19-8-4-5-14(11-19)10-18-16(20)15-6-7-17-9-13(15)3/h6-7,9,12,14H,4-5,8,10-11H2,1-3H3,(H,18,20). The Morgan fingerprint density at radius 1 is 1.55 bits per heavy atom. The highest BCUT2D eigenvalue weighted by atomic mass is 16.1. The summed E-state index contributed by atoms with van der Waals surface area (Å²) in [7, 11) is 0. The van der Waals surface area contributed by atoms with Crippen molar-refractivity contribution in [3.63, 3.8) is 0 Å². The van der Waals surface area contributed by atoms with Crippen LogP contribution in [-0.4, -0.2) is 41.5 Å². The number of carbonyl (C=O) groups excluding carboxylic acids is 1. The van der Waals surface area contributed by atoms with Crippen LogP contribution in [0, 0.1) is 12.8 Å². The van der Waals surface area contributed by atoms with Crippen LogP contribution in [0.2, 0.25) is 0 Å². The van der Waals surface area contributed by atoms with Gasteiger partial charge in [0.2, 0.25) is 0 Å². The Labute approximate surface area is 121 Å². The quantitative estimate of drug-likeness (QED) is 0.916. The summed E-state index contributed by atoms with van der Waals surface area (Å²) in [6.45, 7) is 9.44. The molecule has 20 heavy (non-hydrogen) atoms. The van der Waals surface area contributed by atoms with Crippen molar-refractivity contribution in [2.45, 2.75) is 39.7 Å². The predicted molar refractivity (Wildman–Crippen MR) is 80.7 cm³/mol. The zero-order valence-electron chi connectivity index (χ0n) is 12.7. The van der Waals surface area contributed by atoms with E-state index in [-0.39, 0.29) is 5.91 Å². The molecule has 1 saturated heterocycles. The smallest absolute Gasteiger partial charge is 0.251 e. The molecule has 1 amide bonds. The number of hydrogen-bond acceptors (Lipinski definition) is 3. The molecule has 0 aromatic carbocycles. The van der Waals surface area contributed by atoms with E-state index in [2.05, 4.69) is 29.0 Å². The van der Waals surface area contributed by atoms with Crippen LogP contribution in [0.3, 0.4) is 0 Å². The molecular weight excluding hydrogens is 250 g/mol. The van der Waals surface area contributed by atoms with Gasteiger partial charge >= 0.3 is 0 Å². The van der Waals surface area contributed by atoms with Crippen LogP contribution >= 0.6 is 0 Å². The van der Waals surface area contributed by atoms with Gasteiger partial charge in [-0.05, 0) is 57.7 Å². The number of nitrogens with one attached hydrogen (secondary N) is 1. The number of carbonyl (C=O) groups is 1. The Balaban J connectivity index is 1.86. The summed E-state index contributed by atoms with van der Waals surface area (Å²) in [5, 5.41) is 3.08. The van der Waals surface area contributed by atoms with Crippen LogP contribution < -0.4 is 5.32 Å². The number of nitrogens with zero attached hydrogens (tertiary/aromatic N) is 2. The van der Waals surface area contributed by atoms with E-state index < -0.39 is 0 Å². The number of likely N-dealkylation sites (tertiary alicyclic amines) is 1. The molecule has 4 nitrogen and oxygen atoms in total. The van der Waals surface area contributed by atoms with E-state index in [1.54, 1.807) is 18.5 Å². The summed E-state index contributed by atoms with van der Waals surface area (Å²) in [6.07, 6.45) is 5.84. The lowest BCUT2D eigenvalue weighted by molar-refractivity contribution is 0.0922. The lowest BCUT2D eigenvalue weighted by Crippen LogP contribution is -2.43. The molecule has 0 aliphatic carbocycles. The van der Waals surface area contributed by atoms with Crippen LogP contribution in [0.1, 0.15) is 42.6 Å². The van der Waals surface area contributed by atoms with Gasteiger partial charge in [-0.3, -0.25) is 9.78 Å². The zero-order valence-corrected chi connectivity index (χ0v) is 12.7. The van der Waals surface area contributed by atoms with Gasteiger partial charge in [-0.2, -0.15) is 0 Å². The summed E-state index contributed by atoms with van der Waals surface area (Å²) in [5.74, 6) is 0.587. The van der Waals surface area contributed by atoms with Gasteiger partial charge in [0.25, 0.3) is 5.91 Å². The minimum absolute atomic E-state index is 0.0200. The maximum absolute atomic E-state index is 12.2. The predicted octanol–water partition coefficient (Wildman–Crippen LogP) is 2.24. The first-order valence-electron chi connectivity index (χ1n) is 7.50. The number of hydrogen-bond donors (Lipinski definition) is 1. The fraction of sp³-hybridized carbons (Fsp3) is 0.625. The molecule has 1 aliphatic rings. The van der Waals surface area contributed by atoms with E-state index in [0.717, 1.165) is 24.2 Å². The van der Waals surface area contributed by atoms with Crippen LogP contribution in [0.5, 0.6) is 0 Å². The summed E-state index contributed by atoms with van der Waals surface area (Å²) in [4.78, 5) is 18.7. The number of rotatable bonds is 4. The second kappa shape index (κ2) is 6.84. The lowest BCUT2D eigenvalue weighted by atomic mass is 9.97. The fourth-order valence-corrected chi connectivity index (χ4v) is 2.79. The van der Waals surface area contributed by atoms with Crippen LogP contribution in [0.15, 0.2) is 18.5 Å². The molecule has 2 heterocycles. The van der Waals surface area contributed by atoms with Crippen molar-refractivity contribution in [1.82, 2.24) is 15.2 Å². The molecule has 0 radical (unpaired) electrons. The molecule has 1 unspecified atom stereocenters. The van der Waals surface area contributed by atoms with E-state index in [4.69, 9.17) is 0 Å². The molecule has 1 aromatic rings. The second-order valence-electron chi connectivity index (χ2n) is 6.00. The van der Waals surface area contributed by atoms with Crippen molar-refractivity contribution in [2.24, 2.45) is 5.92 Å². The van der Waals surface area contributed by atoms with Crippen LogP contribution in [-0.2, 0) is 0 Å². The van der Waals surface area contributed by atoms with E-state index >= 15 is 0 Å². The highest BCUT2D eigenvalue weighted by Gasteiger charge is 2.22. The normalized spacial score (nSPS) is 20.1. The second-order valence-corrected chi connectivity index (χ2v) is 6.00. The Bertz CT molecular complexity index is 459. The molecule has 1 fully saturated rings. The summed E-state index contributed by atoms with van der Waals surface area (Å²) >= 11 is 0. The number of piperidine rings is 1. The van der Waals surface area contributed by atoms with Crippen molar-refractivity contribution >= 4 is 5.91 Å². The third kappa shape index (κ3) is 3.79. The van der Waals surface area contributed by atoms with Gasteiger partial charge in [-0.1, -0.05) is 0 Å². The van der Waals surface area contributed by atoms with Crippen molar-refractivity contribution in [3.8, 4) is 0 Å². The molecule has 0 saturated carbocycles. The van der Waals surface area contributed by atoms with Crippen molar-refractivity contribution < 1.29 is 4.79 Å². The third-order valence-electron chi connectivity index (χ3n) is 4.10. The molecule has 1 aromatic heterocycles. The summed E-state index contributed by atoms with van der Waals surface area (Å²) in [6, 6.07) is 2.38. The Morgan fingerprint density at radius 2 is 2.35 bits per heavy atom. The highest BCUT2D eigenvalue weighted by Crippen LogP contribution is 2.18. The van der Waals surface area contributed by atoms with Crippen molar-refractivity contribution in [1.29, 1.82) is 0 Å². The van der Waals surface area contributed by atoms with E-state index in [9.17, 15) is 4.79 Å². The van der Waals surface area contributed by atoms with Crippen molar-refractivity contribution in [2.75, 3.05) is 19.6 Å². The van der Waals surface area contributed by atoms with E-state index in [1.807, 2.05) is 6.92 Å². The fourth-order valence-electron chi connectivity index (χ4n) is 2.79. The SMILES string of the molecule is Cc1cnccc1C(=O)NCC1CCCN(C(C)C)C1. The van der Waals surface area contributed by atoms with Crippen LogP contribution in [0.4, 0.5) is 0 Å². The molecule has 1 atom stereocenters. The van der Waals surface area contributed by atoms with E-state index in [1.165, 1.54) is 19.4 Å². The molecule has 0 spiro atoms. The van der Waals surface area contributed by atoms with Gasteiger partial charge in [0.1, 0.15) is 0 Å². The largest absolute Gasteiger partial charge is 0.352 e. The lowest BCUT2D eigenvalue weighted by Gasteiger charge is -2.35. The molecule has 2 rings (SSSR count). The minimum Gasteiger partial charge on any atom is -0.352 e. The van der Waals surface area contributed by atoms with Gasteiger partial charge in [0.05, 0.1) is 0 Å². The molecule has 110 valence electrons. The van der Waals surface area contributed by atoms with Gasteiger partial charge in [-0.15, -0.1) is 0 Å². The van der Waals surface area contributed by atoms with Gasteiger partial charge in [0, 0.05) is 37.1 Å². The van der Waals surface area contributed by atoms with E-state index in [0.29, 0.717) is 12.0 Å². The van der Waals surface area contributed by atoms with Gasteiger partial charge in [0.15, 0.2) is 0 Å². The molecule has 1 aliphatic heterocycles. The first-order valence-corrected chi connectivity index (χ1v) is 7.50. The Morgan fingerprint density at radius 3 is 3.05 bits per heavy atom. The maximum Gasteiger partial charge on any atom is 0.251 e. The number of amides is 1. The Hall–Kier alpha value is -1.42. The Kier molecular flexibility index (Phi) is 5.12. The minimum atomic E-state index is 0.0200. The number of aromatic nitrogens is 1. The third-order valence-corrected chi connectivity index (χ3v) is 4.10.